The fraction of sp³-hybridized carbons (Fsp3) is 0.125. The average Bonchev–Trinajstić information content (AvgIpc) is 2.54. The van der Waals surface area contributed by atoms with Gasteiger partial charge in [-0.25, -0.2) is 4.79 Å². The Morgan fingerprint density at radius 3 is 2.48 bits per heavy atom. The molecule has 23 heavy (non-hydrogen) atoms. The van der Waals surface area contributed by atoms with Crippen molar-refractivity contribution >= 4 is 17.7 Å². The molecule has 0 saturated carbocycles. The maximum Gasteiger partial charge on any atom is 0.416 e. The van der Waals surface area contributed by atoms with Crippen LogP contribution < -0.4 is 0 Å². The lowest BCUT2D eigenvalue weighted by Crippen LogP contribution is -2.05. The van der Waals surface area contributed by atoms with Crippen molar-refractivity contribution in [1.29, 1.82) is 5.26 Å². The van der Waals surface area contributed by atoms with Gasteiger partial charge in [0.15, 0.2) is 0 Å². The minimum atomic E-state index is -4.52. The molecular formula is C16H10F3NO2S. The van der Waals surface area contributed by atoms with Crippen molar-refractivity contribution in [2.75, 3.05) is 7.11 Å². The molecule has 0 amide bonds. The molecule has 0 aromatic heterocycles. The lowest BCUT2D eigenvalue weighted by Gasteiger charge is -2.11. The molecule has 118 valence electrons. The molecule has 0 atom stereocenters. The summed E-state index contributed by atoms with van der Waals surface area (Å²) in [4.78, 5) is 12.5. The first kappa shape index (κ1) is 16.9. The van der Waals surface area contributed by atoms with Gasteiger partial charge >= 0.3 is 12.1 Å². The summed E-state index contributed by atoms with van der Waals surface area (Å²) < 4.78 is 42.8. The number of rotatable bonds is 3. The van der Waals surface area contributed by atoms with Crippen molar-refractivity contribution in [3.8, 4) is 6.07 Å². The molecule has 0 unspecified atom stereocenters. The van der Waals surface area contributed by atoms with Crippen LogP contribution in [-0.2, 0) is 10.9 Å². The molecule has 2 aromatic rings. The number of ether oxygens (including phenoxy) is 1. The molecule has 3 nitrogen and oxygen atoms in total. The van der Waals surface area contributed by atoms with E-state index in [0.717, 1.165) is 23.9 Å². The molecule has 0 spiro atoms. The monoisotopic (exact) mass is 337 g/mol. The number of carbonyl (C=O) groups is 1. The molecule has 7 heteroatoms. The molecule has 0 bridgehead atoms. The highest BCUT2D eigenvalue weighted by molar-refractivity contribution is 7.99. The third-order valence-electron chi connectivity index (χ3n) is 2.94. The summed E-state index contributed by atoms with van der Waals surface area (Å²) in [6.07, 6.45) is -4.52. The van der Waals surface area contributed by atoms with Crippen LogP contribution in [0.4, 0.5) is 13.2 Å². The van der Waals surface area contributed by atoms with Crippen molar-refractivity contribution in [3.63, 3.8) is 0 Å². The third kappa shape index (κ3) is 3.85. The average molecular weight is 337 g/mol. The lowest BCUT2D eigenvalue weighted by atomic mass is 10.1. The zero-order valence-electron chi connectivity index (χ0n) is 11.8. The summed E-state index contributed by atoms with van der Waals surface area (Å²) in [6.45, 7) is 0. The van der Waals surface area contributed by atoms with Crippen molar-refractivity contribution in [2.45, 2.75) is 16.0 Å². The molecule has 0 radical (unpaired) electrons. The third-order valence-corrected chi connectivity index (χ3v) is 4.09. The summed E-state index contributed by atoms with van der Waals surface area (Å²) in [7, 11) is 1.24. The Morgan fingerprint density at radius 1 is 1.17 bits per heavy atom. The quantitative estimate of drug-likeness (QED) is 0.773. The van der Waals surface area contributed by atoms with Gasteiger partial charge in [-0.3, -0.25) is 0 Å². The van der Waals surface area contributed by atoms with Crippen LogP contribution in [-0.4, -0.2) is 13.1 Å². The second kappa shape index (κ2) is 6.75. The van der Waals surface area contributed by atoms with E-state index in [0.29, 0.717) is 9.79 Å². The predicted octanol–water partition coefficient (Wildman–Crippen LogP) is 4.51. The minimum absolute atomic E-state index is 0.107. The summed E-state index contributed by atoms with van der Waals surface area (Å²) >= 11 is 1.04. The Hall–Kier alpha value is -2.46. The Bertz CT molecular complexity index is 782. The number of nitrogens with zero attached hydrogens (tertiary/aromatic N) is 1. The van der Waals surface area contributed by atoms with Crippen LogP contribution >= 0.6 is 11.8 Å². The number of methoxy groups -OCH3 is 1. The Labute approximate surface area is 134 Å². The Morgan fingerprint density at radius 2 is 1.87 bits per heavy atom. The number of halogens is 3. The van der Waals surface area contributed by atoms with E-state index in [1.807, 2.05) is 0 Å². The second-order valence-corrected chi connectivity index (χ2v) is 5.49. The molecule has 0 aliphatic rings. The van der Waals surface area contributed by atoms with Gasteiger partial charge in [-0.15, -0.1) is 0 Å². The number of alkyl halides is 3. The first-order valence-corrected chi connectivity index (χ1v) is 7.15. The molecule has 0 heterocycles. The zero-order chi connectivity index (χ0) is 17.0. The maximum atomic E-state index is 12.7. The molecular weight excluding hydrogens is 327 g/mol. The highest BCUT2D eigenvalue weighted by Crippen LogP contribution is 2.36. The standard InChI is InChI=1S/C16H10F3NO2S/c1-22-15(21)12-4-2-3-5-14(12)23-13-7-6-11(16(17,18)19)8-10(13)9-20/h2-8H,1H3. The number of benzene rings is 2. The van der Waals surface area contributed by atoms with Crippen molar-refractivity contribution in [2.24, 2.45) is 0 Å². The SMILES string of the molecule is COC(=O)c1ccccc1Sc1ccc(C(F)(F)F)cc1C#N. The van der Waals surface area contributed by atoms with Gasteiger partial charge in [0.05, 0.1) is 23.8 Å². The predicted molar refractivity (Wildman–Crippen MR) is 78.1 cm³/mol. The van der Waals surface area contributed by atoms with Crippen LogP contribution in [0, 0.1) is 11.3 Å². The van der Waals surface area contributed by atoms with Crippen molar-refractivity contribution < 1.29 is 22.7 Å². The van der Waals surface area contributed by atoms with Gasteiger partial charge in [-0.1, -0.05) is 23.9 Å². The molecule has 2 rings (SSSR count). The van der Waals surface area contributed by atoms with E-state index < -0.39 is 17.7 Å². The van der Waals surface area contributed by atoms with Crippen LogP contribution in [0.1, 0.15) is 21.5 Å². The van der Waals surface area contributed by atoms with Gasteiger partial charge < -0.3 is 4.74 Å². The van der Waals surface area contributed by atoms with E-state index in [1.54, 1.807) is 30.3 Å². The van der Waals surface area contributed by atoms with E-state index in [4.69, 9.17) is 5.26 Å². The number of hydrogen-bond donors (Lipinski definition) is 0. The minimum Gasteiger partial charge on any atom is -0.465 e. The molecule has 0 aliphatic carbocycles. The van der Waals surface area contributed by atoms with Gasteiger partial charge in [0.1, 0.15) is 6.07 Å². The first-order valence-electron chi connectivity index (χ1n) is 6.33. The molecule has 0 N–H and O–H groups in total. The van der Waals surface area contributed by atoms with Crippen LogP contribution in [0.15, 0.2) is 52.3 Å². The van der Waals surface area contributed by atoms with Crippen LogP contribution in [0.2, 0.25) is 0 Å². The van der Waals surface area contributed by atoms with Crippen LogP contribution in [0.5, 0.6) is 0 Å². The number of nitriles is 1. The molecule has 2 aromatic carbocycles. The lowest BCUT2D eigenvalue weighted by molar-refractivity contribution is -0.137. The van der Waals surface area contributed by atoms with Gasteiger partial charge in [-0.05, 0) is 30.3 Å². The van der Waals surface area contributed by atoms with Gasteiger partial charge in [0.2, 0.25) is 0 Å². The maximum absolute atomic E-state index is 12.7. The largest absolute Gasteiger partial charge is 0.465 e. The first-order chi connectivity index (χ1) is 10.9. The van der Waals surface area contributed by atoms with E-state index in [1.165, 1.54) is 13.2 Å². The van der Waals surface area contributed by atoms with Gasteiger partial charge in [-0.2, -0.15) is 18.4 Å². The second-order valence-electron chi connectivity index (χ2n) is 4.41. The fourth-order valence-electron chi connectivity index (χ4n) is 1.84. The fourth-order valence-corrected chi connectivity index (χ4v) is 2.83. The Kier molecular flexibility index (Phi) is 4.96. The highest BCUT2D eigenvalue weighted by Gasteiger charge is 2.31. The summed E-state index contributed by atoms with van der Waals surface area (Å²) in [5.74, 6) is -0.557. The van der Waals surface area contributed by atoms with E-state index >= 15 is 0 Å². The van der Waals surface area contributed by atoms with Gasteiger partial charge in [0.25, 0.3) is 0 Å². The number of carbonyl (C=O) groups excluding carboxylic acids is 1. The summed E-state index contributed by atoms with van der Waals surface area (Å²) in [6, 6.07) is 11.2. The van der Waals surface area contributed by atoms with Crippen molar-refractivity contribution in [1.82, 2.24) is 0 Å². The topological polar surface area (TPSA) is 50.1 Å². The summed E-state index contributed by atoms with van der Waals surface area (Å²) in [5.41, 5.74) is -0.715. The normalized spacial score (nSPS) is 10.9. The summed E-state index contributed by atoms with van der Waals surface area (Å²) in [5, 5.41) is 9.09. The van der Waals surface area contributed by atoms with Crippen LogP contribution in [0.25, 0.3) is 0 Å². The molecule has 0 fully saturated rings. The molecule has 0 aliphatic heterocycles. The van der Waals surface area contributed by atoms with E-state index in [9.17, 15) is 18.0 Å². The van der Waals surface area contributed by atoms with Gasteiger partial charge in [0, 0.05) is 9.79 Å². The van der Waals surface area contributed by atoms with E-state index in [-0.39, 0.29) is 11.1 Å². The van der Waals surface area contributed by atoms with E-state index in [2.05, 4.69) is 4.74 Å². The molecule has 0 saturated heterocycles. The number of hydrogen-bond acceptors (Lipinski definition) is 4. The van der Waals surface area contributed by atoms with Crippen LogP contribution in [0.3, 0.4) is 0 Å². The zero-order valence-corrected chi connectivity index (χ0v) is 12.7. The Balaban J connectivity index is 2.42. The van der Waals surface area contributed by atoms with Crippen molar-refractivity contribution in [3.05, 3.63) is 59.2 Å². The smallest absolute Gasteiger partial charge is 0.416 e. The highest BCUT2D eigenvalue weighted by atomic mass is 32.2. The number of esters is 1.